The molecule has 2 atom stereocenters. The molecule has 0 radical (unpaired) electrons. The van der Waals surface area contributed by atoms with Gasteiger partial charge in [0.15, 0.2) is 5.54 Å². The standard InChI is InChI=1S/C15H18ClNO2/c1-4-11-9-10-17(2)15(11,14(18)19-3)12-5-7-13(16)8-6-12/h4-8,11H,1,9-10H2,2-3H3/t11-,15-/m0/s1. The highest BCUT2D eigenvalue weighted by Crippen LogP contribution is 2.44. The van der Waals surface area contributed by atoms with Crippen LogP contribution in [-0.2, 0) is 15.1 Å². The van der Waals surface area contributed by atoms with Crippen LogP contribution in [0, 0.1) is 5.92 Å². The van der Waals surface area contributed by atoms with Gasteiger partial charge in [-0.05, 0) is 37.7 Å². The number of carbonyl (C=O) groups is 1. The zero-order chi connectivity index (χ0) is 14.0. The van der Waals surface area contributed by atoms with Gasteiger partial charge >= 0.3 is 5.97 Å². The van der Waals surface area contributed by atoms with Crippen molar-refractivity contribution in [1.82, 2.24) is 4.90 Å². The van der Waals surface area contributed by atoms with Crippen LogP contribution >= 0.6 is 11.6 Å². The molecule has 1 aliphatic heterocycles. The number of halogens is 1. The fourth-order valence-electron chi connectivity index (χ4n) is 3.01. The molecule has 4 heteroatoms. The molecule has 0 bridgehead atoms. The lowest BCUT2D eigenvalue weighted by Crippen LogP contribution is -2.50. The first-order valence-corrected chi connectivity index (χ1v) is 6.63. The smallest absolute Gasteiger partial charge is 0.331 e. The summed E-state index contributed by atoms with van der Waals surface area (Å²) < 4.78 is 5.06. The molecule has 1 heterocycles. The molecule has 0 aliphatic carbocycles. The molecule has 0 spiro atoms. The Labute approximate surface area is 118 Å². The predicted molar refractivity (Wildman–Crippen MR) is 76.1 cm³/mol. The number of ether oxygens (including phenoxy) is 1. The highest BCUT2D eigenvalue weighted by molar-refractivity contribution is 6.30. The maximum absolute atomic E-state index is 12.5. The number of esters is 1. The zero-order valence-corrected chi connectivity index (χ0v) is 12.0. The van der Waals surface area contributed by atoms with E-state index in [4.69, 9.17) is 16.3 Å². The molecule has 19 heavy (non-hydrogen) atoms. The fourth-order valence-corrected chi connectivity index (χ4v) is 3.13. The average Bonchev–Trinajstić information content (AvgIpc) is 2.76. The molecule has 0 aromatic heterocycles. The van der Waals surface area contributed by atoms with E-state index in [1.807, 2.05) is 30.2 Å². The Morgan fingerprint density at radius 2 is 2.16 bits per heavy atom. The van der Waals surface area contributed by atoms with Gasteiger partial charge in [0.05, 0.1) is 7.11 Å². The van der Waals surface area contributed by atoms with Gasteiger partial charge in [-0.25, -0.2) is 4.79 Å². The molecule has 3 nitrogen and oxygen atoms in total. The number of methoxy groups -OCH3 is 1. The Bertz CT molecular complexity index is 485. The van der Waals surface area contributed by atoms with Gasteiger partial charge in [0.1, 0.15) is 0 Å². The highest BCUT2D eigenvalue weighted by atomic mass is 35.5. The maximum Gasteiger partial charge on any atom is 0.331 e. The van der Waals surface area contributed by atoms with Crippen LogP contribution in [0.1, 0.15) is 12.0 Å². The number of likely N-dealkylation sites (N-methyl/N-ethyl adjacent to an activating group) is 1. The van der Waals surface area contributed by atoms with Crippen molar-refractivity contribution >= 4 is 17.6 Å². The van der Waals surface area contributed by atoms with E-state index in [9.17, 15) is 4.79 Å². The number of hydrogen-bond donors (Lipinski definition) is 0. The average molecular weight is 280 g/mol. The summed E-state index contributed by atoms with van der Waals surface area (Å²) in [5, 5.41) is 0.652. The van der Waals surface area contributed by atoms with Crippen LogP contribution in [0.25, 0.3) is 0 Å². The number of likely N-dealkylation sites (tertiary alicyclic amines) is 1. The summed E-state index contributed by atoms with van der Waals surface area (Å²) in [6.45, 7) is 4.70. The summed E-state index contributed by atoms with van der Waals surface area (Å²) in [5.74, 6) is -0.217. The molecule has 0 saturated carbocycles. The van der Waals surface area contributed by atoms with Crippen molar-refractivity contribution in [2.45, 2.75) is 12.0 Å². The predicted octanol–water partition coefficient (Wildman–Crippen LogP) is 2.85. The first-order chi connectivity index (χ1) is 9.07. The van der Waals surface area contributed by atoms with Crippen LogP contribution in [0.3, 0.4) is 0 Å². The Balaban J connectivity index is 2.60. The van der Waals surface area contributed by atoms with Crippen LogP contribution in [0.2, 0.25) is 5.02 Å². The molecule has 102 valence electrons. The summed E-state index contributed by atoms with van der Waals surface area (Å²) >= 11 is 5.93. The second kappa shape index (κ2) is 5.35. The molecule has 0 unspecified atom stereocenters. The van der Waals surface area contributed by atoms with E-state index in [2.05, 4.69) is 6.58 Å². The Morgan fingerprint density at radius 3 is 2.68 bits per heavy atom. The molecule has 2 rings (SSSR count). The number of hydrogen-bond acceptors (Lipinski definition) is 3. The largest absolute Gasteiger partial charge is 0.467 e. The Kier molecular flexibility index (Phi) is 3.97. The molecule has 1 fully saturated rings. The summed E-state index contributed by atoms with van der Waals surface area (Å²) in [4.78, 5) is 14.5. The SMILES string of the molecule is C=C[C@H]1CCN(C)[C@]1(C(=O)OC)c1ccc(Cl)cc1. The number of nitrogens with zero attached hydrogens (tertiary/aromatic N) is 1. The van der Waals surface area contributed by atoms with Crippen LogP contribution in [0.5, 0.6) is 0 Å². The second-order valence-electron chi connectivity index (χ2n) is 4.82. The van der Waals surface area contributed by atoms with Gasteiger partial charge in [0.2, 0.25) is 0 Å². The molecule has 1 aliphatic rings. The zero-order valence-electron chi connectivity index (χ0n) is 11.2. The topological polar surface area (TPSA) is 29.5 Å². The van der Waals surface area contributed by atoms with E-state index in [-0.39, 0.29) is 11.9 Å². The lowest BCUT2D eigenvalue weighted by Gasteiger charge is -2.37. The quantitative estimate of drug-likeness (QED) is 0.629. The molecule has 1 aromatic carbocycles. The van der Waals surface area contributed by atoms with Gasteiger partial charge in [-0.1, -0.05) is 29.8 Å². The molecule has 0 N–H and O–H groups in total. The van der Waals surface area contributed by atoms with Crippen molar-refractivity contribution in [3.8, 4) is 0 Å². The van der Waals surface area contributed by atoms with Crippen LogP contribution in [0.15, 0.2) is 36.9 Å². The number of carbonyl (C=O) groups excluding carboxylic acids is 1. The normalized spacial score (nSPS) is 27.2. The van der Waals surface area contributed by atoms with Gasteiger partial charge in [0.25, 0.3) is 0 Å². The monoisotopic (exact) mass is 279 g/mol. The summed E-state index contributed by atoms with van der Waals surface area (Å²) in [7, 11) is 3.36. The Hall–Kier alpha value is -1.32. The minimum absolute atomic E-state index is 0.0334. The van der Waals surface area contributed by atoms with Crippen molar-refractivity contribution in [2.75, 3.05) is 20.7 Å². The van der Waals surface area contributed by atoms with Gasteiger partial charge < -0.3 is 4.74 Å². The van der Waals surface area contributed by atoms with E-state index in [0.29, 0.717) is 5.02 Å². The molecular weight excluding hydrogens is 262 g/mol. The van der Waals surface area contributed by atoms with Crippen molar-refractivity contribution in [1.29, 1.82) is 0 Å². The van der Waals surface area contributed by atoms with Crippen molar-refractivity contribution in [3.63, 3.8) is 0 Å². The lowest BCUT2D eigenvalue weighted by atomic mass is 9.78. The van der Waals surface area contributed by atoms with Gasteiger partial charge in [-0.3, -0.25) is 4.90 Å². The van der Waals surface area contributed by atoms with Gasteiger partial charge in [0, 0.05) is 10.9 Å². The highest BCUT2D eigenvalue weighted by Gasteiger charge is 2.53. The number of rotatable bonds is 3. The number of benzene rings is 1. The second-order valence-corrected chi connectivity index (χ2v) is 5.25. The van der Waals surface area contributed by atoms with E-state index in [1.165, 1.54) is 7.11 Å². The van der Waals surface area contributed by atoms with E-state index in [0.717, 1.165) is 18.5 Å². The summed E-state index contributed by atoms with van der Waals surface area (Å²) in [6, 6.07) is 7.37. The molecular formula is C15H18ClNO2. The first kappa shape index (κ1) is 14.1. The fraction of sp³-hybridized carbons (Fsp3) is 0.400. The van der Waals surface area contributed by atoms with E-state index >= 15 is 0 Å². The summed E-state index contributed by atoms with van der Waals surface area (Å²) in [5.41, 5.74) is 0.106. The lowest BCUT2D eigenvalue weighted by molar-refractivity contribution is -0.155. The van der Waals surface area contributed by atoms with Crippen molar-refractivity contribution < 1.29 is 9.53 Å². The van der Waals surface area contributed by atoms with Gasteiger partial charge in [-0.2, -0.15) is 0 Å². The van der Waals surface area contributed by atoms with E-state index < -0.39 is 5.54 Å². The minimum Gasteiger partial charge on any atom is -0.467 e. The Morgan fingerprint density at radius 1 is 1.53 bits per heavy atom. The maximum atomic E-state index is 12.5. The minimum atomic E-state index is -0.791. The van der Waals surface area contributed by atoms with Crippen LogP contribution in [-0.4, -0.2) is 31.6 Å². The van der Waals surface area contributed by atoms with Crippen molar-refractivity contribution in [3.05, 3.63) is 47.5 Å². The first-order valence-electron chi connectivity index (χ1n) is 6.25. The molecule has 1 aromatic rings. The summed E-state index contributed by atoms with van der Waals surface area (Å²) in [6.07, 6.45) is 2.73. The van der Waals surface area contributed by atoms with Crippen molar-refractivity contribution in [2.24, 2.45) is 5.92 Å². The molecule has 0 amide bonds. The molecule has 1 saturated heterocycles. The van der Waals surface area contributed by atoms with Gasteiger partial charge in [-0.15, -0.1) is 6.58 Å². The van der Waals surface area contributed by atoms with Crippen LogP contribution < -0.4 is 0 Å². The third kappa shape index (κ3) is 2.07. The third-order valence-corrected chi connectivity index (χ3v) is 4.23. The van der Waals surface area contributed by atoms with E-state index in [1.54, 1.807) is 12.1 Å². The van der Waals surface area contributed by atoms with Crippen LogP contribution in [0.4, 0.5) is 0 Å². The third-order valence-electron chi connectivity index (χ3n) is 3.98.